The fourth-order valence-electron chi connectivity index (χ4n) is 1.74. The summed E-state index contributed by atoms with van der Waals surface area (Å²) >= 11 is 4.99. The number of alkyl halides is 7. The first kappa shape index (κ1) is 17.0. The number of carbonyl (C=O) groups excluding carboxylic acids is 2. The van der Waals surface area contributed by atoms with E-state index in [0.717, 1.165) is 0 Å². The Bertz CT molecular complexity index is 423. The number of hydrogen-bond acceptors (Lipinski definition) is 2. The summed E-state index contributed by atoms with van der Waals surface area (Å²) in [5.41, 5.74) is 0. The van der Waals surface area contributed by atoms with Crippen molar-refractivity contribution in [1.82, 2.24) is 4.90 Å². The van der Waals surface area contributed by atoms with Crippen LogP contribution < -0.4 is 0 Å². The summed E-state index contributed by atoms with van der Waals surface area (Å²) in [5, 5.41) is -1.28. The van der Waals surface area contributed by atoms with Gasteiger partial charge < -0.3 is 4.90 Å². The molecule has 0 radical (unpaired) electrons. The van der Waals surface area contributed by atoms with Gasteiger partial charge >= 0.3 is 23.9 Å². The van der Waals surface area contributed by atoms with Crippen LogP contribution in [0.5, 0.6) is 0 Å². The molecule has 1 fully saturated rings. The average Bonchev–Trinajstić information content (AvgIpc) is 2.74. The van der Waals surface area contributed by atoms with Crippen LogP contribution in [0.2, 0.25) is 0 Å². The van der Waals surface area contributed by atoms with Crippen LogP contribution in [0.4, 0.5) is 30.7 Å². The Morgan fingerprint density at radius 3 is 1.95 bits per heavy atom. The first-order valence-corrected chi connectivity index (χ1v) is 5.54. The van der Waals surface area contributed by atoms with Gasteiger partial charge in [-0.2, -0.15) is 30.7 Å². The first-order valence-electron chi connectivity index (χ1n) is 5.17. The van der Waals surface area contributed by atoms with Crippen molar-refractivity contribution in [3.05, 3.63) is 0 Å². The third-order valence-electron chi connectivity index (χ3n) is 2.79. The van der Waals surface area contributed by atoms with Gasteiger partial charge in [0.15, 0.2) is 0 Å². The molecule has 0 aromatic heterocycles. The molecule has 0 aliphatic carbocycles. The topological polar surface area (TPSA) is 37.4 Å². The van der Waals surface area contributed by atoms with Crippen LogP contribution in [-0.4, -0.2) is 46.7 Å². The molecule has 0 N–H and O–H groups in total. The minimum absolute atomic E-state index is 0.0114. The van der Waals surface area contributed by atoms with Crippen LogP contribution >= 0.6 is 11.6 Å². The molecule has 0 aromatic rings. The van der Waals surface area contributed by atoms with Crippen molar-refractivity contribution in [1.29, 1.82) is 0 Å². The average molecular weight is 330 g/mol. The van der Waals surface area contributed by atoms with Crippen LogP contribution in [0.1, 0.15) is 12.8 Å². The number of halogens is 8. The number of amides is 1. The van der Waals surface area contributed by atoms with Crippen LogP contribution in [-0.2, 0) is 9.59 Å². The molecule has 1 aliphatic heterocycles. The lowest BCUT2D eigenvalue weighted by Crippen LogP contribution is -2.61. The summed E-state index contributed by atoms with van der Waals surface area (Å²) < 4.78 is 87.5. The summed E-state index contributed by atoms with van der Waals surface area (Å²) in [4.78, 5) is 22.1. The lowest BCUT2D eigenvalue weighted by atomic mass is 10.1. The molecule has 3 nitrogen and oxygen atoms in total. The highest BCUT2D eigenvalue weighted by atomic mass is 35.5. The van der Waals surface area contributed by atoms with Crippen molar-refractivity contribution < 1.29 is 40.3 Å². The normalized spacial score (nSPS) is 21.2. The second kappa shape index (κ2) is 5.05. The number of hydrogen-bond donors (Lipinski definition) is 0. The van der Waals surface area contributed by atoms with E-state index in [1.54, 1.807) is 0 Å². The molecule has 0 spiro atoms. The van der Waals surface area contributed by atoms with Crippen molar-refractivity contribution in [2.24, 2.45) is 0 Å². The Morgan fingerprint density at radius 1 is 1.05 bits per heavy atom. The van der Waals surface area contributed by atoms with E-state index in [1.165, 1.54) is 0 Å². The zero-order chi connectivity index (χ0) is 15.9. The SMILES string of the molecule is O=C(Cl)[C@@H]1CCCN1C(=O)C(F)(F)C(F)(F)C(F)(F)F. The van der Waals surface area contributed by atoms with Crippen molar-refractivity contribution in [2.75, 3.05) is 6.54 Å². The van der Waals surface area contributed by atoms with Gasteiger partial charge in [-0.15, -0.1) is 0 Å². The Labute approximate surface area is 112 Å². The molecule has 1 amide bonds. The highest BCUT2D eigenvalue weighted by Crippen LogP contribution is 2.47. The van der Waals surface area contributed by atoms with E-state index in [0.29, 0.717) is 0 Å². The standard InChI is InChI=1S/C9H7ClF7NO2/c10-5(19)4-2-1-3-18(4)6(20)7(11,12)8(13,14)9(15,16)17/h4H,1-3H2/t4-/m0/s1. The minimum atomic E-state index is -6.60. The van der Waals surface area contributed by atoms with E-state index in [-0.39, 0.29) is 17.7 Å². The van der Waals surface area contributed by atoms with E-state index in [4.69, 9.17) is 11.6 Å². The predicted molar refractivity (Wildman–Crippen MR) is 51.5 cm³/mol. The van der Waals surface area contributed by atoms with E-state index in [9.17, 15) is 40.3 Å². The Balaban J connectivity index is 3.09. The second-order valence-corrected chi connectivity index (χ2v) is 4.48. The fraction of sp³-hybridized carbons (Fsp3) is 0.778. The third-order valence-corrected chi connectivity index (χ3v) is 3.05. The summed E-state index contributed by atoms with van der Waals surface area (Å²) in [6, 6.07) is -1.63. The second-order valence-electron chi connectivity index (χ2n) is 4.11. The maximum absolute atomic E-state index is 13.2. The van der Waals surface area contributed by atoms with Gasteiger partial charge in [-0.05, 0) is 24.4 Å². The van der Waals surface area contributed by atoms with Gasteiger partial charge in [0.25, 0.3) is 0 Å². The zero-order valence-corrected chi connectivity index (χ0v) is 10.2. The Kier molecular flexibility index (Phi) is 4.29. The maximum Gasteiger partial charge on any atom is 0.460 e. The van der Waals surface area contributed by atoms with Crippen LogP contribution in [0.15, 0.2) is 0 Å². The Hall–Kier alpha value is -1.06. The molecule has 0 unspecified atom stereocenters. The molecule has 116 valence electrons. The van der Waals surface area contributed by atoms with E-state index < -0.39 is 41.8 Å². The molecule has 0 aromatic carbocycles. The first-order chi connectivity index (χ1) is 8.84. The lowest BCUT2D eigenvalue weighted by Gasteiger charge is -2.31. The molecule has 11 heteroatoms. The Morgan fingerprint density at radius 2 is 1.55 bits per heavy atom. The van der Waals surface area contributed by atoms with Gasteiger partial charge in [-0.3, -0.25) is 9.59 Å². The third kappa shape index (κ3) is 2.57. The van der Waals surface area contributed by atoms with Gasteiger partial charge in [0.05, 0.1) is 0 Å². The van der Waals surface area contributed by atoms with E-state index in [1.807, 2.05) is 0 Å². The smallest absolute Gasteiger partial charge is 0.326 e. The van der Waals surface area contributed by atoms with Crippen LogP contribution in [0, 0.1) is 0 Å². The highest BCUT2D eigenvalue weighted by molar-refractivity contribution is 6.64. The summed E-state index contributed by atoms with van der Waals surface area (Å²) in [6.45, 7) is -0.550. The van der Waals surface area contributed by atoms with Crippen LogP contribution in [0.25, 0.3) is 0 Å². The number of carbonyl (C=O) groups is 2. The zero-order valence-electron chi connectivity index (χ0n) is 9.49. The molecule has 1 rings (SSSR count). The molecular formula is C9H7ClF7NO2. The van der Waals surface area contributed by atoms with Gasteiger partial charge in [0.1, 0.15) is 6.04 Å². The van der Waals surface area contributed by atoms with E-state index >= 15 is 0 Å². The van der Waals surface area contributed by atoms with Crippen molar-refractivity contribution in [3.8, 4) is 0 Å². The summed E-state index contributed by atoms with van der Waals surface area (Å²) in [7, 11) is 0. The molecule has 1 aliphatic rings. The minimum Gasteiger partial charge on any atom is -0.326 e. The quantitative estimate of drug-likeness (QED) is 0.589. The molecule has 1 atom stereocenters. The lowest BCUT2D eigenvalue weighted by molar-refractivity contribution is -0.345. The van der Waals surface area contributed by atoms with Gasteiger partial charge in [-0.1, -0.05) is 0 Å². The highest BCUT2D eigenvalue weighted by Gasteiger charge is 2.77. The summed E-state index contributed by atoms with van der Waals surface area (Å²) in [6.07, 6.45) is -6.80. The monoisotopic (exact) mass is 329 g/mol. The van der Waals surface area contributed by atoms with Crippen molar-refractivity contribution >= 4 is 22.8 Å². The molecular weight excluding hydrogens is 323 g/mol. The van der Waals surface area contributed by atoms with Crippen molar-refractivity contribution in [3.63, 3.8) is 0 Å². The maximum atomic E-state index is 13.2. The van der Waals surface area contributed by atoms with Gasteiger partial charge in [-0.25, -0.2) is 0 Å². The molecule has 1 heterocycles. The number of likely N-dealkylation sites (tertiary alicyclic amines) is 1. The molecule has 0 bridgehead atoms. The number of rotatable bonds is 3. The largest absolute Gasteiger partial charge is 0.460 e. The molecule has 20 heavy (non-hydrogen) atoms. The molecule has 0 saturated carbocycles. The fourth-order valence-corrected chi connectivity index (χ4v) is 1.97. The molecule has 1 saturated heterocycles. The van der Waals surface area contributed by atoms with Crippen molar-refractivity contribution in [2.45, 2.75) is 36.9 Å². The van der Waals surface area contributed by atoms with Crippen LogP contribution in [0.3, 0.4) is 0 Å². The number of nitrogens with zero attached hydrogens (tertiary/aromatic N) is 1. The predicted octanol–water partition coefficient (Wildman–Crippen LogP) is 2.58. The van der Waals surface area contributed by atoms with E-state index in [2.05, 4.69) is 0 Å². The summed E-state index contributed by atoms with van der Waals surface area (Å²) in [5.74, 6) is -15.3. The van der Waals surface area contributed by atoms with Gasteiger partial charge in [0.2, 0.25) is 5.24 Å². The van der Waals surface area contributed by atoms with Gasteiger partial charge in [0, 0.05) is 6.54 Å².